The molecular formula is C17H22ClFN2O2. The highest BCUT2D eigenvalue weighted by Gasteiger charge is 2.49. The van der Waals surface area contributed by atoms with Crippen molar-refractivity contribution in [3.63, 3.8) is 0 Å². The summed E-state index contributed by atoms with van der Waals surface area (Å²) in [5.41, 5.74) is 1.32. The van der Waals surface area contributed by atoms with Gasteiger partial charge in [0.15, 0.2) is 0 Å². The van der Waals surface area contributed by atoms with Crippen molar-refractivity contribution < 1.29 is 13.9 Å². The lowest BCUT2D eigenvalue weighted by atomic mass is 9.80. The van der Waals surface area contributed by atoms with Gasteiger partial charge in [-0.3, -0.25) is 4.79 Å². The minimum Gasteiger partial charge on any atom is -0.366 e. The Kier molecular flexibility index (Phi) is 4.63. The number of nitrogens with one attached hydrogen (secondary N) is 1. The normalized spacial score (nSPS) is 25.3. The standard InChI is InChI=1S/C17H21FN2O2.ClH/c18-12-4-3-5-13-15(12)17(6-1-2-7-17)11-20(13)16(21)14-10-19-8-9-22-14;/h3-5,14,19H,1-2,6-11H2;1H. The lowest BCUT2D eigenvalue weighted by Crippen LogP contribution is -2.50. The van der Waals surface area contributed by atoms with E-state index in [1.807, 2.05) is 6.07 Å². The van der Waals surface area contributed by atoms with Gasteiger partial charge in [0.25, 0.3) is 5.91 Å². The van der Waals surface area contributed by atoms with Gasteiger partial charge < -0.3 is 15.0 Å². The van der Waals surface area contributed by atoms with Crippen molar-refractivity contribution in [3.8, 4) is 0 Å². The average Bonchev–Trinajstić information content (AvgIpc) is 3.15. The van der Waals surface area contributed by atoms with Gasteiger partial charge in [-0.15, -0.1) is 12.4 Å². The maximum atomic E-state index is 14.5. The molecule has 1 unspecified atom stereocenters. The first-order valence-corrected chi connectivity index (χ1v) is 8.14. The summed E-state index contributed by atoms with van der Waals surface area (Å²) in [7, 11) is 0. The smallest absolute Gasteiger partial charge is 0.257 e. The van der Waals surface area contributed by atoms with E-state index >= 15 is 0 Å². The minimum atomic E-state index is -0.457. The third-order valence-electron chi connectivity index (χ3n) is 5.30. The van der Waals surface area contributed by atoms with Crippen LogP contribution >= 0.6 is 12.4 Å². The SMILES string of the molecule is Cl.O=C(C1CNCCO1)N1CC2(CCCC2)c2c(F)cccc21. The van der Waals surface area contributed by atoms with Crippen LogP contribution in [0.2, 0.25) is 0 Å². The summed E-state index contributed by atoms with van der Waals surface area (Å²) in [6.07, 6.45) is 3.69. The highest BCUT2D eigenvalue weighted by Crippen LogP contribution is 2.51. The third kappa shape index (κ3) is 2.65. The Bertz CT molecular complexity index is 598. The molecule has 2 fully saturated rings. The third-order valence-corrected chi connectivity index (χ3v) is 5.30. The van der Waals surface area contributed by atoms with Crippen LogP contribution in [0.25, 0.3) is 0 Å². The zero-order valence-electron chi connectivity index (χ0n) is 13.0. The predicted octanol–water partition coefficient (Wildman–Crippen LogP) is 2.39. The maximum Gasteiger partial charge on any atom is 0.257 e. The molecule has 1 amide bonds. The fourth-order valence-electron chi connectivity index (χ4n) is 4.28. The summed E-state index contributed by atoms with van der Waals surface area (Å²) in [6, 6.07) is 5.09. The largest absolute Gasteiger partial charge is 0.366 e. The highest BCUT2D eigenvalue weighted by atomic mass is 35.5. The van der Waals surface area contributed by atoms with Crippen molar-refractivity contribution in [1.29, 1.82) is 0 Å². The molecule has 3 aliphatic rings. The molecule has 1 aliphatic carbocycles. The Morgan fingerprint density at radius 1 is 1.35 bits per heavy atom. The van der Waals surface area contributed by atoms with Crippen LogP contribution in [0.4, 0.5) is 10.1 Å². The Labute approximate surface area is 141 Å². The van der Waals surface area contributed by atoms with E-state index in [9.17, 15) is 9.18 Å². The topological polar surface area (TPSA) is 41.6 Å². The quantitative estimate of drug-likeness (QED) is 0.853. The number of fused-ring (bicyclic) bond motifs is 2. The summed E-state index contributed by atoms with van der Waals surface area (Å²) in [5, 5.41) is 3.19. The molecule has 1 aromatic carbocycles. The monoisotopic (exact) mass is 340 g/mol. The van der Waals surface area contributed by atoms with Gasteiger partial charge in [0, 0.05) is 30.6 Å². The fraction of sp³-hybridized carbons (Fsp3) is 0.588. The van der Waals surface area contributed by atoms with E-state index in [-0.39, 0.29) is 29.5 Å². The molecule has 6 heteroatoms. The Balaban J connectivity index is 0.00000156. The number of rotatable bonds is 1. The number of amides is 1. The lowest BCUT2D eigenvalue weighted by Gasteiger charge is -2.29. The number of carbonyl (C=O) groups excluding carboxylic acids is 1. The van der Waals surface area contributed by atoms with Crippen LogP contribution < -0.4 is 10.2 Å². The first kappa shape index (κ1) is 16.7. The van der Waals surface area contributed by atoms with Gasteiger partial charge in [-0.25, -0.2) is 4.39 Å². The van der Waals surface area contributed by atoms with Crippen LogP contribution in [-0.4, -0.2) is 38.3 Å². The number of hydrogen-bond acceptors (Lipinski definition) is 3. The van der Waals surface area contributed by atoms with Crippen LogP contribution in [0.15, 0.2) is 18.2 Å². The van der Waals surface area contributed by atoms with E-state index < -0.39 is 6.10 Å². The van der Waals surface area contributed by atoms with Crippen molar-refractivity contribution in [3.05, 3.63) is 29.6 Å². The maximum absolute atomic E-state index is 14.5. The van der Waals surface area contributed by atoms with Gasteiger partial charge in [-0.2, -0.15) is 0 Å². The molecule has 1 N–H and O–H groups in total. The fourth-order valence-corrected chi connectivity index (χ4v) is 4.28. The van der Waals surface area contributed by atoms with Crippen molar-refractivity contribution in [2.45, 2.75) is 37.2 Å². The number of hydrogen-bond donors (Lipinski definition) is 1. The molecule has 4 rings (SSSR count). The van der Waals surface area contributed by atoms with Gasteiger partial charge in [0.1, 0.15) is 11.9 Å². The van der Waals surface area contributed by atoms with Crippen molar-refractivity contribution >= 4 is 24.0 Å². The number of halogens is 2. The first-order chi connectivity index (χ1) is 10.7. The molecular weight excluding hydrogens is 319 g/mol. The molecule has 0 aromatic heterocycles. The van der Waals surface area contributed by atoms with E-state index in [1.54, 1.807) is 11.0 Å². The van der Waals surface area contributed by atoms with Gasteiger partial charge >= 0.3 is 0 Å². The number of ether oxygens (including phenoxy) is 1. The second kappa shape index (κ2) is 6.38. The average molecular weight is 341 g/mol. The number of morpholine rings is 1. The molecule has 2 aliphatic heterocycles. The van der Waals surface area contributed by atoms with Gasteiger partial charge in [0.2, 0.25) is 0 Å². The van der Waals surface area contributed by atoms with E-state index in [1.165, 1.54) is 6.07 Å². The van der Waals surface area contributed by atoms with Gasteiger partial charge in [-0.05, 0) is 25.0 Å². The summed E-state index contributed by atoms with van der Waals surface area (Å²) < 4.78 is 20.1. The van der Waals surface area contributed by atoms with E-state index in [0.717, 1.165) is 43.5 Å². The van der Waals surface area contributed by atoms with E-state index in [4.69, 9.17) is 4.74 Å². The van der Waals surface area contributed by atoms with Crippen molar-refractivity contribution in [2.75, 3.05) is 31.1 Å². The van der Waals surface area contributed by atoms with E-state index in [0.29, 0.717) is 19.7 Å². The second-order valence-corrected chi connectivity index (χ2v) is 6.61. The summed E-state index contributed by atoms with van der Waals surface area (Å²) in [4.78, 5) is 14.6. The molecule has 1 saturated carbocycles. The second-order valence-electron chi connectivity index (χ2n) is 6.61. The highest BCUT2D eigenvalue weighted by molar-refractivity contribution is 5.99. The van der Waals surface area contributed by atoms with E-state index in [2.05, 4.69) is 5.32 Å². The molecule has 1 aromatic rings. The zero-order valence-corrected chi connectivity index (χ0v) is 13.8. The van der Waals surface area contributed by atoms with Crippen molar-refractivity contribution in [1.82, 2.24) is 5.32 Å². The minimum absolute atomic E-state index is 0. The van der Waals surface area contributed by atoms with Crippen molar-refractivity contribution in [2.24, 2.45) is 0 Å². The molecule has 0 radical (unpaired) electrons. The zero-order chi connectivity index (χ0) is 15.2. The number of carbonyl (C=O) groups is 1. The molecule has 1 spiro atoms. The number of benzene rings is 1. The first-order valence-electron chi connectivity index (χ1n) is 8.14. The van der Waals surface area contributed by atoms with Crippen LogP contribution in [0.3, 0.4) is 0 Å². The molecule has 2 heterocycles. The lowest BCUT2D eigenvalue weighted by molar-refractivity contribution is -0.131. The Morgan fingerprint density at radius 3 is 2.83 bits per heavy atom. The molecule has 1 atom stereocenters. The van der Waals surface area contributed by atoms with Crippen LogP contribution in [0.1, 0.15) is 31.2 Å². The van der Waals surface area contributed by atoms with Gasteiger partial charge in [-0.1, -0.05) is 18.9 Å². The number of nitrogens with zero attached hydrogens (tertiary/aromatic N) is 1. The van der Waals surface area contributed by atoms with Crippen LogP contribution in [0, 0.1) is 5.82 Å². The summed E-state index contributed by atoms with van der Waals surface area (Å²) in [5.74, 6) is -0.208. The molecule has 0 bridgehead atoms. The van der Waals surface area contributed by atoms with Crippen LogP contribution in [0.5, 0.6) is 0 Å². The Morgan fingerprint density at radius 2 is 2.13 bits per heavy atom. The predicted molar refractivity (Wildman–Crippen MR) is 88.8 cm³/mol. The molecule has 126 valence electrons. The summed E-state index contributed by atoms with van der Waals surface area (Å²) >= 11 is 0. The van der Waals surface area contributed by atoms with Gasteiger partial charge in [0.05, 0.1) is 12.3 Å². The molecule has 4 nitrogen and oxygen atoms in total. The molecule has 23 heavy (non-hydrogen) atoms. The Hall–Kier alpha value is -1.17. The number of anilines is 1. The summed E-state index contributed by atoms with van der Waals surface area (Å²) in [6.45, 7) is 2.46. The van der Waals surface area contributed by atoms with Crippen LogP contribution in [-0.2, 0) is 14.9 Å². The molecule has 1 saturated heterocycles.